The van der Waals surface area contributed by atoms with Crippen molar-refractivity contribution < 1.29 is 14.4 Å². The van der Waals surface area contributed by atoms with Gasteiger partial charge < -0.3 is 9.57 Å². The van der Waals surface area contributed by atoms with Crippen LogP contribution in [0.2, 0.25) is 0 Å². The normalized spacial score (nSPS) is 14.1. The maximum Gasteiger partial charge on any atom is 0.130 e. The summed E-state index contributed by atoms with van der Waals surface area (Å²) < 4.78 is 6.03. The van der Waals surface area contributed by atoms with Crippen LogP contribution in [0.25, 0.3) is 10.6 Å². The van der Waals surface area contributed by atoms with Gasteiger partial charge in [0.1, 0.15) is 29.8 Å². The third-order valence-electron chi connectivity index (χ3n) is 5.37. The van der Waals surface area contributed by atoms with Crippen LogP contribution in [0.15, 0.2) is 53.7 Å². The summed E-state index contributed by atoms with van der Waals surface area (Å²) in [5.74, 6) is 0.902. The number of aromatic nitrogens is 1. The summed E-state index contributed by atoms with van der Waals surface area (Å²) in [5.41, 5.74) is 5.36. The number of ether oxygens (including phenoxy) is 1. The Balaban J connectivity index is 1.43. The Morgan fingerprint density at radius 1 is 1.13 bits per heavy atom. The summed E-state index contributed by atoms with van der Waals surface area (Å²) in [7, 11) is 0. The average Bonchev–Trinajstić information content (AvgIpc) is 3.41. The Bertz CT molecular complexity index is 1080. The van der Waals surface area contributed by atoms with Gasteiger partial charge in [0.2, 0.25) is 0 Å². The van der Waals surface area contributed by atoms with Crippen molar-refractivity contribution in [3.63, 3.8) is 0 Å². The number of rotatable bonds is 8. The highest BCUT2D eigenvalue weighted by Gasteiger charge is 2.23. The molecule has 1 aliphatic rings. The number of thiazole rings is 1. The molecule has 0 fully saturated rings. The quantitative estimate of drug-likeness (QED) is 0.446. The first-order valence-corrected chi connectivity index (χ1v) is 11.3. The van der Waals surface area contributed by atoms with Crippen molar-refractivity contribution in [2.75, 3.05) is 6.61 Å². The van der Waals surface area contributed by atoms with E-state index in [9.17, 15) is 4.79 Å². The molecular weight excluding hydrogens is 408 g/mol. The van der Waals surface area contributed by atoms with E-state index in [0.29, 0.717) is 19.6 Å². The molecule has 0 saturated heterocycles. The Hall–Kier alpha value is -2.99. The zero-order valence-electron chi connectivity index (χ0n) is 18.1. The predicted octanol–water partition coefficient (Wildman–Crippen LogP) is 5.84. The number of hydrogen-bond acceptors (Lipinski definition) is 6. The third-order valence-corrected chi connectivity index (χ3v) is 6.55. The zero-order valence-corrected chi connectivity index (χ0v) is 18.9. The van der Waals surface area contributed by atoms with Crippen LogP contribution in [-0.2, 0) is 16.2 Å². The number of ketones is 1. The maximum atomic E-state index is 11.7. The lowest BCUT2D eigenvalue weighted by atomic mass is 9.88. The van der Waals surface area contributed by atoms with Gasteiger partial charge in [0.05, 0.1) is 16.3 Å². The van der Waals surface area contributed by atoms with Crippen molar-refractivity contribution in [1.29, 1.82) is 0 Å². The summed E-state index contributed by atoms with van der Waals surface area (Å²) in [6.07, 6.45) is 1.20. The van der Waals surface area contributed by atoms with Crippen LogP contribution in [-0.4, -0.2) is 23.1 Å². The molecule has 0 N–H and O–H groups in total. The topological polar surface area (TPSA) is 60.8 Å². The number of carbonyl (C=O) groups excluding carboxylic acids is 1. The molecule has 1 aromatic heterocycles. The second kappa shape index (κ2) is 9.43. The van der Waals surface area contributed by atoms with E-state index in [1.54, 1.807) is 18.3 Å². The van der Waals surface area contributed by atoms with Crippen LogP contribution in [0.3, 0.4) is 0 Å². The number of benzene rings is 2. The summed E-state index contributed by atoms with van der Waals surface area (Å²) in [6, 6.07) is 16.4. The number of Topliss-reactive ketones (excluding diaryl/α,β-unsaturated/α-hetero) is 1. The fourth-order valence-electron chi connectivity index (χ4n) is 3.60. The highest BCUT2D eigenvalue weighted by Crippen LogP contribution is 2.30. The fourth-order valence-corrected chi connectivity index (χ4v) is 4.59. The van der Waals surface area contributed by atoms with Crippen LogP contribution in [0.5, 0.6) is 5.75 Å². The first-order chi connectivity index (χ1) is 15.0. The van der Waals surface area contributed by atoms with Gasteiger partial charge in [-0.1, -0.05) is 47.1 Å². The number of oxime groups is 1. The maximum absolute atomic E-state index is 11.7. The van der Waals surface area contributed by atoms with Gasteiger partial charge in [0, 0.05) is 24.3 Å². The second-order valence-electron chi connectivity index (χ2n) is 7.88. The number of hydrogen-bond donors (Lipinski definition) is 0. The molecule has 6 heteroatoms. The Labute approximate surface area is 186 Å². The van der Waals surface area contributed by atoms with Crippen molar-refractivity contribution in [2.45, 2.75) is 46.1 Å². The number of nitrogens with zero attached hydrogens (tertiary/aromatic N) is 2. The van der Waals surface area contributed by atoms with E-state index in [4.69, 9.17) is 14.6 Å². The van der Waals surface area contributed by atoms with Gasteiger partial charge in [-0.3, -0.25) is 4.79 Å². The van der Waals surface area contributed by atoms with E-state index in [-0.39, 0.29) is 11.7 Å². The Kier molecular flexibility index (Phi) is 6.47. The Morgan fingerprint density at radius 2 is 1.87 bits per heavy atom. The molecule has 0 spiro atoms. The smallest absolute Gasteiger partial charge is 0.130 e. The summed E-state index contributed by atoms with van der Waals surface area (Å²) in [5, 5.41) is 5.15. The molecule has 0 bridgehead atoms. The van der Waals surface area contributed by atoms with Gasteiger partial charge in [0.15, 0.2) is 0 Å². The minimum Gasteiger partial charge on any atom is -0.488 e. The number of carbonyl (C=O) groups is 1. The summed E-state index contributed by atoms with van der Waals surface area (Å²) in [6.45, 7) is 6.78. The molecule has 5 nitrogen and oxygen atoms in total. The van der Waals surface area contributed by atoms with Crippen LogP contribution >= 0.6 is 11.3 Å². The van der Waals surface area contributed by atoms with Crippen molar-refractivity contribution >= 4 is 22.8 Å². The van der Waals surface area contributed by atoms with E-state index in [1.165, 1.54) is 5.56 Å². The van der Waals surface area contributed by atoms with Crippen molar-refractivity contribution in [3.05, 3.63) is 70.2 Å². The van der Waals surface area contributed by atoms with Gasteiger partial charge in [0.25, 0.3) is 0 Å². The van der Waals surface area contributed by atoms with Crippen LogP contribution in [0.4, 0.5) is 0 Å². The first-order valence-electron chi connectivity index (χ1n) is 10.4. The van der Waals surface area contributed by atoms with E-state index in [0.717, 1.165) is 44.6 Å². The molecule has 31 heavy (non-hydrogen) atoms. The molecule has 3 aromatic rings. The lowest BCUT2D eigenvalue weighted by Gasteiger charge is -2.15. The van der Waals surface area contributed by atoms with Gasteiger partial charge in [-0.05, 0) is 38.5 Å². The molecule has 1 atom stereocenters. The fraction of sp³-hybridized carbons (Fsp3) is 0.320. The van der Waals surface area contributed by atoms with E-state index in [1.807, 2.05) is 31.2 Å². The molecule has 2 heterocycles. The van der Waals surface area contributed by atoms with Crippen LogP contribution in [0, 0.1) is 13.8 Å². The monoisotopic (exact) mass is 434 g/mol. The van der Waals surface area contributed by atoms with Crippen molar-refractivity contribution in [1.82, 2.24) is 4.98 Å². The minimum absolute atomic E-state index is 0.0325. The Morgan fingerprint density at radius 3 is 2.52 bits per heavy atom. The van der Waals surface area contributed by atoms with Gasteiger partial charge in [-0.2, -0.15) is 0 Å². The molecule has 1 aliphatic heterocycles. The molecule has 4 rings (SSSR count). The minimum atomic E-state index is -0.0325. The molecule has 0 aliphatic carbocycles. The molecule has 0 saturated carbocycles. The lowest BCUT2D eigenvalue weighted by Crippen LogP contribution is -2.14. The van der Waals surface area contributed by atoms with E-state index < -0.39 is 0 Å². The average molecular weight is 435 g/mol. The van der Waals surface area contributed by atoms with Crippen molar-refractivity contribution in [2.24, 2.45) is 5.16 Å². The van der Waals surface area contributed by atoms with E-state index >= 15 is 0 Å². The molecule has 0 amide bonds. The lowest BCUT2D eigenvalue weighted by molar-refractivity contribution is -0.117. The van der Waals surface area contributed by atoms with Crippen LogP contribution < -0.4 is 4.74 Å². The zero-order chi connectivity index (χ0) is 21.8. The van der Waals surface area contributed by atoms with Gasteiger partial charge in [-0.15, -0.1) is 11.3 Å². The number of aryl methyl sites for hydroxylation is 2. The van der Waals surface area contributed by atoms with Crippen LogP contribution in [0.1, 0.15) is 47.4 Å². The molecular formula is C25H26N2O3S. The first kappa shape index (κ1) is 21.2. The van der Waals surface area contributed by atoms with E-state index in [2.05, 4.69) is 36.3 Å². The second-order valence-corrected chi connectivity index (χ2v) is 8.96. The molecule has 0 radical (unpaired) electrons. The van der Waals surface area contributed by atoms with Crippen molar-refractivity contribution in [3.8, 4) is 16.3 Å². The highest BCUT2D eigenvalue weighted by molar-refractivity contribution is 7.15. The molecule has 160 valence electrons. The van der Waals surface area contributed by atoms with Gasteiger partial charge in [-0.25, -0.2) is 4.98 Å². The predicted molar refractivity (Wildman–Crippen MR) is 124 cm³/mol. The summed E-state index contributed by atoms with van der Waals surface area (Å²) >= 11 is 1.67. The third kappa shape index (κ3) is 5.20. The molecule has 2 aromatic carbocycles. The van der Waals surface area contributed by atoms with Gasteiger partial charge >= 0.3 is 0 Å². The highest BCUT2D eigenvalue weighted by atomic mass is 32.1. The molecule has 0 unspecified atom stereocenters. The SMILES string of the molecule is CC(=O)C[C@H](C1=NOCC1)c1ccc(OCc2sc(-c3ccc(C)cc3)nc2C)cc1. The summed E-state index contributed by atoms with van der Waals surface area (Å²) in [4.78, 5) is 22.7. The standard InChI is InChI=1S/C25H26N2O3S/c1-16-4-6-20(7-5-16)25-26-18(3)24(31-25)15-29-21-10-8-19(9-11-21)22(14-17(2)28)23-12-13-30-27-23/h4-11,22H,12-15H2,1-3H3/t22-/m0/s1. The largest absolute Gasteiger partial charge is 0.488 e.